The highest BCUT2D eigenvalue weighted by Crippen LogP contribution is 2.18. The van der Waals surface area contributed by atoms with E-state index in [1.54, 1.807) is 36.6 Å². The molecule has 0 saturated carbocycles. The molecule has 4 N–H and O–H groups in total. The minimum absolute atomic E-state index is 0.0538. The van der Waals surface area contributed by atoms with Crippen LogP contribution in [-0.2, 0) is 32.3 Å². The molecule has 0 fully saturated rings. The minimum atomic E-state index is -1.18. The first-order valence-corrected chi connectivity index (χ1v) is 12.4. The van der Waals surface area contributed by atoms with Crippen LogP contribution in [0.25, 0.3) is 0 Å². The SMILES string of the molecule is C[C@@H](c1ccccc1)N(C)C(=O)Cn1cnc(NC(=O)[C@@H](COCc2ccccc2)NC(=O)C(C)(C)N)c1. The molecule has 3 aromatic rings. The van der Waals surface area contributed by atoms with Crippen molar-refractivity contribution >= 4 is 23.5 Å². The Kier molecular flexibility index (Phi) is 9.75. The number of anilines is 1. The molecule has 3 amide bonds. The van der Waals surface area contributed by atoms with Gasteiger partial charge in [0.2, 0.25) is 11.8 Å². The number of ether oxygens (including phenoxy) is 1. The Morgan fingerprint density at radius 2 is 1.71 bits per heavy atom. The number of nitrogens with one attached hydrogen (secondary N) is 2. The van der Waals surface area contributed by atoms with Gasteiger partial charge in [-0.05, 0) is 31.9 Å². The van der Waals surface area contributed by atoms with E-state index in [-0.39, 0.29) is 37.5 Å². The fourth-order valence-corrected chi connectivity index (χ4v) is 3.56. The Hall–Kier alpha value is -4.02. The molecule has 2 aromatic carbocycles. The molecule has 0 aliphatic carbocycles. The number of rotatable bonds is 12. The van der Waals surface area contributed by atoms with Crippen molar-refractivity contribution in [2.75, 3.05) is 19.0 Å². The average molecular weight is 521 g/mol. The minimum Gasteiger partial charge on any atom is -0.374 e. The van der Waals surface area contributed by atoms with E-state index in [1.807, 2.05) is 67.6 Å². The van der Waals surface area contributed by atoms with Crippen molar-refractivity contribution < 1.29 is 19.1 Å². The third kappa shape index (κ3) is 8.25. The normalized spacial score (nSPS) is 12.9. The maximum atomic E-state index is 13.0. The van der Waals surface area contributed by atoms with E-state index in [1.165, 1.54) is 6.33 Å². The molecule has 3 rings (SSSR count). The summed E-state index contributed by atoms with van der Waals surface area (Å²) in [7, 11) is 1.75. The van der Waals surface area contributed by atoms with Crippen molar-refractivity contribution in [2.45, 2.75) is 51.5 Å². The van der Waals surface area contributed by atoms with Crippen molar-refractivity contribution in [1.82, 2.24) is 19.8 Å². The molecular weight excluding hydrogens is 484 g/mol. The van der Waals surface area contributed by atoms with Crippen molar-refractivity contribution in [3.8, 4) is 0 Å². The summed E-state index contributed by atoms with van der Waals surface area (Å²) in [5.74, 6) is -0.869. The summed E-state index contributed by atoms with van der Waals surface area (Å²) in [6.45, 7) is 5.33. The number of carbonyl (C=O) groups excluding carboxylic acids is 3. The van der Waals surface area contributed by atoms with Gasteiger partial charge in [-0.2, -0.15) is 0 Å². The van der Waals surface area contributed by atoms with Gasteiger partial charge in [0.25, 0.3) is 5.91 Å². The quantitative estimate of drug-likeness (QED) is 0.336. The number of benzene rings is 2. The second-order valence-corrected chi connectivity index (χ2v) is 9.76. The fraction of sp³-hybridized carbons (Fsp3) is 0.357. The van der Waals surface area contributed by atoms with E-state index >= 15 is 0 Å². The number of imidazole rings is 1. The fourth-order valence-electron chi connectivity index (χ4n) is 3.56. The van der Waals surface area contributed by atoms with E-state index in [0.717, 1.165) is 11.1 Å². The zero-order valence-corrected chi connectivity index (χ0v) is 22.3. The summed E-state index contributed by atoms with van der Waals surface area (Å²) >= 11 is 0. The van der Waals surface area contributed by atoms with Gasteiger partial charge in [0.05, 0.1) is 31.1 Å². The molecule has 10 nitrogen and oxygen atoms in total. The second kappa shape index (κ2) is 13.0. The lowest BCUT2D eigenvalue weighted by Crippen LogP contribution is -2.56. The number of hydrogen-bond donors (Lipinski definition) is 3. The Bertz CT molecular complexity index is 1210. The molecule has 202 valence electrons. The third-order valence-corrected chi connectivity index (χ3v) is 6.06. The molecule has 0 saturated heterocycles. The molecule has 1 aromatic heterocycles. The zero-order chi connectivity index (χ0) is 27.7. The van der Waals surface area contributed by atoms with Gasteiger partial charge in [-0.15, -0.1) is 0 Å². The van der Waals surface area contributed by atoms with E-state index in [9.17, 15) is 14.4 Å². The van der Waals surface area contributed by atoms with Crippen LogP contribution >= 0.6 is 0 Å². The maximum absolute atomic E-state index is 13.0. The molecule has 38 heavy (non-hydrogen) atoms. The summed E-state index contributed by atoms with van der Waals surface area (Å²) in [4.78, 5) is 44.2. The molecule has 1 heterocycles. The number of likely N-dealkylation sites (N-methyl/N-ethyl adjacent to an activating group) is 1. The van der Waals surface area contributed by atoms with Crippen LogP contribution in [0.15, 0.2) is 73.2 Å². The Balaban J connectivity index is 1.60. The summed E-state index contributed by atoms with van der Waals surface area (Å²) in [5, 5.41) is 5.34. The molecular formula is C28H36N6O4. The van der Waals surface area contributed by atoms with Gasteiger partial charge in [-0.1, -0.05) is 60.7 Å². The van der Waals surface area contributed by atoms with Crippen LogP contribution in [0.4, 0.5) is 5.82 Å². The first-order valence-electron chi connectivity index (χ1n) is 12.4. The summed E-state index contributed by atoms with van der Waals surface area (Å²) < 4.78 is 7.30. The lowest BCUT2D eigenvalue weighted by atomic mass is 10.1. The molecule has 0 aliphatic heterocycles. The number of hydrogen-bond acceptors (Lipinski definition) is 6. The van der Waals surface area contributed by atoms with Gasteiger partial charge >= 0.3 is 0 Å². The molecule has 0 radical (unpaired) electrons. The second-order valence-electron chi connectivity index (χ2n) is 9.76. The molecule has 10 heteroatoms. The van der Waals surface area contributed by atoms with Crippen LogP contribution in [-0.4, -0.2) is 57.4 Å². The predicted molar refractivity (Wildman–Crippen MR) is 145 cm³/mol. The molecule has 0 unspecified atom stereocenters. The molecule has 2 atom stereocenters. The lowest BCUT2D eigenvalue weighted by Gasteiger charge is -2.25. The van der Waals surface area contributed by atoms with Crippen LogP contribution < -0.4 is 16.4 Å². The predicted octanol–water partition coefficient (Wildman–Crippen LogP) is 2.48. The Labute approximate surface area is 223 Å². The van der Waals surface area contributed by atoms with Crippen LogP contribution in [0, 0.1) is 0 Å². The highest BCUT2D eigenvalue weighted by Gasteiger charge is 2.28. The largest absolute Gasteiger partial charge is 0.374 e. The van der Waals surface area contributed by atoms with Gasteiger partial charge in [-0.3, -0.25) is 14.4 Å². The number of carbonyl (C=O) groups is 3. The first-order chi connectivity index (χ1) is 18.0. The standard InChI is InChI=1S/C28H36N6O4/c1-20(22-13-9-6-10-14-22)33(4)25(35)16-34-15-24(30-19-34)32-26(36)23(31-27(37)28(2,3)29)18-38-17-21-11-7-5-8-12-21/h5-15,19-20,23H,16-18,29H2,1-4H3,(H,31,37)(H,32,36)/t20-,23+/m0/s1. The van der Waals surface area contributed by atoms with E-state index < -0.39 is 23.4 Å². The van der Waals surface area contributed by atoms with Crippen molar-refractivity contribution in [1.29, 1.82) is 0 Å². The molecule has 0 spiro atoms. The smallest absolute Gasteiger partial charge is 0.250 e. The van der Waals surface area contributed by atoms with Gasteiger partial charge in [0.15, 0.2) is 5.82 Å². The van der Waals surface area contributed by atoms with Gasteiger partial charge in [0, 0.05) is 13.2 Å². The molecule has 0 aliphatic rings. The Morgan fingerprint density at radius 1 is 1.08 bits per heavy atom. The van der Waals surface area contributed by atoms with E-state index in [2.05, 4.69) is 15.6 Å². The van der Waals surface area contributed by atoms with Gasteiger partial charge < -0.3 is 30.6 Å². The molecule has 0 bridgehead atoms. The number of aromatic nitrogens is 2. The zero-order valence-electron chi connectivity index (χ0n) is 22.3. The topological polar surface area (TPSA) is 132 Å². The third-order valence-electron chi connectivity index (χ3n) is 6.06. The highest BCUT2D eigenvalue weighted by atomic mass is 16.5. The lowest BCUT2D eigenvalue weighted by molar-refractivity contribution is -0.132. The van der Waals surface area contributed by atoms with Crippen LogP contribution in [0.2, 0.25) is 0 Å². The monoisotopic (exact) mass is 520 g/mol. The summed E-state index contributed by atoms with van der Waals surface area (Å²) in [5.41, 5.74) is 6.69. The highest BCUT2D eigenvalue weighted by molar-refractivity contribution is 5.98. The van der Waals surface area contributed by atoms with Crippen molar-refractivity contribution in [3.63, 3.8) is 0 Å². The average Bonchev–Trinajstić information content (AvgIpc) is 3.33. The number of amides is 3. The van der Waals surface area contributed by atoms with Gasteiger partial charge in [-0.25, -0.2) is 4.98 Å². The van der Waals surface area contributed by atoms with Gasteiger partial charge in [0.1, 0.15) is 12.6 Å². The summed E-state index contributed by atoms with van der Waals surface area (Å²) in [6.07, 6.45) is 3.03. The van der Waals surface area contributed by atoms with Crippen molar-refractivity contribution in [2.24, 2.45) is 5.73 Å². The van der Waals surface area contributed by atoms with Crippen LogP contribution in [0.1, 0.15) is 37.9 Å². The summed E-state index contributed by atoms with van der Waals surface area (Å²) in [6, 6.07) is 18.2. The number of nitrogens with two attached hydrogens (primary N) is 1. The Morgan fingerprint density at radius 3 is 2.34 bits per heavy atom. The van der Waals surface area contributed by atoms with Crippen LogP contribution in [0.5, 0.6) is 0 Å². The van der Waals surface area contributed by atoms with Crippen LogP contribution in [0.3, 0.4) is 0 Å². The number of nitrogens with zero attached hydrogens (tertiary/aromatic N) is 3. The van der Waals surface area contributed by atoms with Crippen molar-refractivity contribution in [3.05, 3.63) is 84.3 Å². The van der Waals surface area contributed by atoms with E-state index in [4.69, 9.17) is 10.5 Å². The maximum Gasteiger partial charge on any atom is 0.250 e. The first kappa shape index (κ1) is 28.5. The van der Waals surface area contributed by atoms with E-state index in [0.29, 0.717) is 0 Å².